The van der Waals surface area contributed by atoms with E-state index in [0.29, 0.717) is 28.4 Å². The number of benzene rings is 3. The van der Waals surface area contributed by atoms with Crippen LogP contribution < -0.4 is 14.5 Å². The van der Waals surface area contributed by atoms with Crippen molar-refractivity contribution in [2.75, 3.05) is 10.6 Å². The Morgan fingerprint density at radius 1 is 1.00 bits per heavy atom. The number of para-hydroxylation sites is 2. The number of rotatable bonds is 9. The number of hydrogen-bond acceptors (Lipinski definition) is 5. The van der Waals surface area contributed by atoms with Gasteiger partial charge in [0, 0.05) is 17.0 Å². The van der Waals surface area contributed by atoms with Crippen LogP contribution in [0.15, 0.2) is 90.0 Å². The van der Waals surface area contributed by atoms with Crippen LogP contribution in [0.3, 0.4) is 0 Å². The molecule has 0 aliphatic carbocycles. The third-order valence-corrected chi connectivity index (χ3v) is 7.34. The van der Waals surface area contributed by atoms with E-state index >= 15 is 0 Å². The van der Waals surface area contributed by atoms with E-state index in [1.807, 2.05) is 38.1 Å². The van der Waals surface area contributed by atoms with Crippen LogP contribution in [0.4, 0.5) is 10.1 Å². The quantitative estimate of drug-likeness (QED) is 0.226. The average Bonchev–Trinajstić information content (AvgIpc) is 3.17. The van der Waals surface area contributed by atoms with Crippen molar-refractivity contribution in [3.63, 3.8) is 0 Å². The lowest BCUT2D eigenvalue weighted by atomic mass is 10.2. The Hall–Kier alpha value is -4.44. The van der Waals surface area contributed by atoms with Gasteiger partial charge in [-0.05, 0) is 75.4 Å². The molecule has 8 nitrogen and oxygen atoms in total. The molecule has 0 aliphatic rings. The smallest absolute Gasteiger partial charge is 0.263 e. The van der Waals surface area contributed by atoms with Gasteiger partial charge in [-0.25, -0.2) is 18.2 Å². The number of nitrogens with one attached hydrogen (secondary N) is 1. The highest BCUT2D eigenvalue weighted by Gasteiger charge is 2.29. The van der Waals surface area contributed by atoms with Gasteiger partial charge in [-0.1, -0.05) is 30.3 Å². The van der Waals surface area contributed by atoms with Crippen molar-refractivity contribution in [3.8, 4) is 17.2 Å². The van der Waals surface area contributed by atoms with Gasteiger partial charge in [-0.3, -0.25) is 9.10 Å². The molecule has 1 heterocycles. The third kappa shape index (κ3) is 6.35. The fourth-order valence-corrected chi connectivity index (χ4v) is 5.45. The summed E-state index contributed by atoms with van der Waals surface area (Å²) < 4.78 is 48.2. The summed E-state index contributed by atoms with van der Waals surface area (Å²) in [5.41, 5.74) is 5.34. The minimum absolute atomic E-state index is 0.304. The summed E-state index contributed by atoms with van der Waals surface area (Å²) in [5.74, 6) is 0.188. The first kappa shape index (κ1) is 27.6. The summed E-state index contributed by atoms with van der Waals surface area (Å²) in [5, 5.41) is 4.04. The number of amides is 1. The molecule has 0 fully saturated rings. The second kappa shape index (κ2) is 11.5. The predicted molar refractivity (Wildman–Crippen MR) is 151 cm³/mol. The Kier molecular flexibility index (Phi) is 8.15. The van der Waals surface area contributed by atoms with E-state index in [9.17, 15) is 17.6 Å². The highest BCUT2D eigenvalue weighted by atomic mass is 32.2. The number of anilines is 1. The zero-order valence-electron chi connectivity index (χ0n) is 22.0. The van der Waals surface area contributed by atoms with E-state index in [2.05, 4.69) is 10.5 Å². The molecular weight excluding hydrogens is 519 g/mol. The number of hydrogen-bond donors (Lipinski definition) is 1. The van der Waals surface area contributed by atoms with Gasteiger partial charge in [0.25, 0.3) is 5.91 Å². The molecule has 1 aromatic heterocycles. The summed E-state index contributed by atoms with van der Waals surface area (Å²) in [6.45, 7) is 5.14. The van der Waals surface area contributed by atoms with Crippen molar-refractivity contribution in [1.29, 1.82) is 0 Å². The van der Waals surface area contributed by atoms with Crippen LogP contribution in [-0.4, -0.2) is 37.4 Å². The van der Waals surface area contributed by atoms with Crippen molar-refractivity contribution >= 4 is 27.8 Å². The largest absolute Gasteiger partial charge is 0.457 e. The van der Waals surface area contributed by atoms with Gasteiger partial charge in [-0.2, -0.15) is 5.10 Å². The van der Waals surface area contributed by atoms with Crippen molar-refractivity contribution in [2.45, 2.75) is 26.8 Å². The fraction of sp³-hybridized carbons (Fsp3) is 0.172. The normalized spacial score (nSPS) is 12.3. The van der Waals surface area contributed by atoms with Gasteiger partial charge >= 0.3 is 0 Å². The van der Waals surface area contributed by atoms with Crippen LogP contribution in [0.2, 0.25) is 0 Å². The Morgan fingerprint density at radius 3 is 2.26 bits per heavy atom. The number of aryl methyl sites for hydroxylation is 1. The SMILES string of the molecule is Cc1cc(/C=N\NC(=O)[C@H](C)N(c2ccc(Oc3ccccc3)cc2)S(C)(=O)=O)c(C)n1-c1ccccc1F. The molecule has 1 atom stereocenters. The Labute approximate surface area is 227 Å². The van der Waals surface area contributed by atoms with Gasteiger partial charge in [0.05, 0.1) is 23.8 Å². The molecular formula is C29H29FN4O4S. The van der Waals surface area contributed by atoms with Crippen LogP contribution in [0.5, 0.6) is 11.5 Å². The maximum atomic E-state index is 14.4. The lowest BCUT2D eigenvalue weighted by molar-refractivity contribution is -0.121. The molecule has 4 rings (SSSR count). The molecule has 0 saturated carbocycles. The topological polar surface area (TPSA) is 93.0 Å². The van der Waals surface area contributed by atoms with E-state index < -0.39 is 22.0 Å². The van der Waals surface area contributed by atoms with Crippen LogP contribution in [0.25, 0.3) is 5.69 Å². The Balaban J connectivity index is 1.49. The molecule has 202 valence electrons. The summed E-state index contributed by atoms with van der Waals surface area (Å²) in [6.07, 6.45) is 2.48. The van der Waals surface area contributed by atoms with Crippen molar-refractivity contribution < 1.29 is 22.3 Å². The third-order valence-electron chi connectivity index (χ3n) is 6.10. The van der Waals surface area contributed by atoms with Crippen molar-refractivity contribution in [3.05, 3.63) is 108 Å². The van der Waals surface area contributed by atoms with Gasteiger partial charge in [0.15, 0.2) is 0 Å². The molecule has 1 N–H and O–H groups in total. The van der Waals surface area contributed by atoms with Crippen molar-refractivity contribution in [2.24, 2.45) is 5.10 Å². The van der Waals surface area contributed by atoms with Crippen LogP contribution in [0, 0.1) is 19.7 Å². The lowest BCUT2D eigenvalue weighted by Gasteiger charge is -2.27. The van der Waals surface area contributed by atoms with Gasteiger partial charge in [0.2, 0.25) is 10.0 Å². The monoisotopic (exact) mass is 548 g/mol. The number of sulfonamides is 1. The first-order valence-electron chi connectivity index (χ1n) is 12.2. The molecule has 39 heavy (non-hydrogen) atoms. The number of carbonyl (C=O) groups is 1. The molecule has 0 radical (unpaired) electrons. The van der Waals surface area contributed by atoms with Gasteiger partial charge in [0.1, 0.15) is 23.4 Å². The van der Waals surface area contributed by atoms with E-state index in [-0.39, 0.29) is 5.82 Å². The zero-order valence-corrected chi connectivity index (χ0v) is 22.8. The Bertz CT molecular complexity index is 1600. The number of carbonyl (C=O) groups excluding carboxylic acids is 1. The summed E-state index contributed by atoms with van der Waals surface area (Å²) in [7, 11) is -3.81. The van der Waals surface area contributed by atoms with E-state index in [1.54, 1.807) is 59.2 Å². The summed E-state index contributed by atoms with van der Waals surface area (Å²) in [4.78, 5) is 12.9. The number of hydrazone groups is 1. The van der Waals surface area contributed by atoms with E-state index in [1.165, 1.54) is 19.2 Å². The van der Waals surface area contributed by atoms with Gasteiger partial charge < -0.3 is 9.30 Å². The second-order valence-electron chi connectivity index (χ2n) is 8.99. The first-order valence-corrected chi connectivity index (χ1v) is 14.0. The highest BCUT2D eigenvalue weighted by molar-refractivity contribution is 7.92. The zero-order chi connectivity index (χ0) is 28.2. The number of nitrogens with zero attached hydrogens (tertiary/aromatic N) is 3. The molecule has 0 unspecified atom stereocenters. The average molecular weight is 549 g/mol. The maximum absolute atomic E-state index is 14.4. The summed E-state index contributed by atoms with van der Waals surface area (Å²) in [6, 6.07) is 22.8. The molecule has 0 bridgehead atoms. The standard InChI is InChI=1S/C29H29FN4O4S/c1-20-18-23(21(2)33(20)28-13-9-8-12-27(28)30)19-31-32-29(35)22(3)34(39(4,36)37)24-14-16-26(17-15-24)38-25-10-6-5-7-11-25/h5-19,22H,1-4H3,(H,32,35)/b31-19-/t22-/m0/s1. The van der Waals surface area contributed by atoms with Crippen LogP contribution >= 0.6 is 0 Å². The first-order chi connectivity index (χ1) is 18.6. The minimum atomic E-state index is -3.81. The summed E-state index contributed by atoms with van der Waals surface area (Å²) >= 11 is 0. The molecule has 3 aromatic carbocycles. The molecule has 0 saturated heterocycles. The van der Waals surface area contributed by atoms with Crippen LogP contribution in [0.1, 0.15) is 23.9 Å². The number of aromatic nitrogens is 1. The molecule has 10 heteroatoms. The van der Waals surface area contributed by atoms with E-state index in [4.69, 9.17) is 4.74 Å². The van der Waals surface area contributed by atoms with Crippen molar-refractivity contribution in [1.82, 2.24) is 9.99 Å². The van der Waals surface area contributed by atoms with E-state index in [0.717, 1.165) is 21.9 Å². The number of ether oxygens (including phenoxy) is 1. The van der Waals surface area contributed by atoms with Crippen LogP contribution in [-0.2, 0) is 14.8 Å². The van der Waals surface area contributed by atoms with Gasteiger partial charge in [-0.15, -0.1) is 0 Å². The number of halogens is 1. The Morgan fingerprint density at radius 2 is 1.62 bits per heavy atom. The molecule has 0 aliphatic heterocycles. The predicted octanol–water partition coefficient (Wildman–Crippen LogP) is 5.33. The molecule has 0 spiro atoms. The lowest BCUT2D eigenvalue weighted by Crippen LogP contribution is -2.46. The molecule has 4 aromatic rings. The highest BCUT2D eigenvalue weighted by Crippen LogP contribution is 2.27. The second-order valence-corrected chi connectivity index (χ2v) is 10.9. The fourth-order valence-electron chi connectivity index (χ4n) is 4.28. The minimum Gasteiger partial charge on any atom is -0.457 e. The molecule has 1 amide bonds. The maximum Gasteiger partial charge on any atom is 0.263 e.